The van der Waals surface area contributed by atoms with E-state index < -0.39 is 0 Å². The Labute approximate surface area is 126 Å². The molecule has 106 valence electrons. The van der Waals surface area contributed by atoms with Gasteiger partial charge in [0.2, 0.25) is 5.91 Å². The van der Waals surface area contributed by atoms with Gasteiger partial charge in [-0.15, -0.1) is 11.8 Å². The van der Waals surface area contributed by atoms with Crippen molar-refractivity contribution in [1.29, 1.82) is 0 Å². The zero-order chi connectivity index (χ0) is 14.5. The number of benzene rings is 1. The molecule has 0 atom stereocenters. The average molecular weight is 311 g/mol. The lowest BCUT2D eigenvalue weighted by molar-refractivity contribution is -0.113. The molecule has 0 saturated heterocycles. The molecule has 0 aliphatic rings. The second kappa shape index (κ2) is 6.81. The first-order chi connectivity index (χ1) is 9.58. The van der Waals surface area contributed by atoms with Crippen LogP contribution in [0, 0.1) is 13.8 Å². The van der Waals surface area contributed by atoms with Gasteiger partial charge in [0.15, 0.2) is 0 Å². The molecule has 1 amide bonds. The standard InChI is InChI=1S/C14H15ClN2O2S/c1-9-11(10(2)19-17-9)7-20-8-14(18)16-13-6-4-3-5-12(13)15/h3-6H,7-8H2,1-2H3,(H,16,18). The van der Waals surface area contributed by atoms with E-state index in [1.165, 1.54) is 11.8 Å². The molecule has 0 spiro atoms. The maximum absolute atomic E-state index is 11.8. The van der Waals surface area contributed by atoms with Crippen molar-refractivity contribution in [2.45, 2.75) is 19.6 Å². The van der Waals surface area contributed by atoms with Crippen LogP contribution in [0.2, 0.25) is 5.02 Å². The molecule has 0 aliphatic carbocycles. The van der Waals surface area contributed by atoms with Crippen LogP contribution >= 0.6 is 23.4 Å². The van der Waals surface area contributed by atoms with Crippen molar-refractivity contribution in [3.8, 4) is 0 Å². The van der Waals surface area contributed by atoms with Crippen LogP contribution in [0.4, 0.5) is 5.69 Å². The largest absolute Gasteiger partial charge is 0.361 e. The number of carbonyl (C=O) groups is 1. The number of amides is 1. The number of nitrogens with zero attached hydrogens (tertiary/aromatic N) is 1. The normalized spacial score (nSPS) is 10.6. The third-order valence-corrected chi connectivity index (χ3v) is 4.10. The number of aromatic nitrogens is 1. The number of carbonyl (C=O) groups excluding carboxylic acids is 1. The number of anilines is 1. The molecule has 0 unspecified atom stereocenters. The molecule has 0 fully saturated rings. The molecule has 2 rings (SSSR count). The van der Waals surface area contributed by atoms with Gasteiger partial charge < -0.3 is 9.84 Å². The number of thioether (sulfide) groups is 1. The van der Waals surface area contributed by atoms with Gasteiger partial charge in [0, 0.05) is 11.3 Å². The van der Waals surface area contributed by atoms with Gasteiger partial charge in [-0.25, -0.2) is 0 Å². The first-order valence-electron chi connectivity index (χ1n) is 6.12. The first-order valence-corrected chi connectivity index (χ1v) is 7.65. The van der Waals surface area contributed by atoms with Gasteiger partial charge in [-0.3, -0.25) is 4.79 Å². The first kappa shape index (κ1) is 14.9. The van der Waals surface area contributed by atoms with Gasteiger partial charge in [0.05, 0.1) is 22.2 Å². The van der Waals surface area contributed by atoms with E-state index in [9.17, 15) is 4.79 Å². The molecule has 0 radical (unpaired) electrons. The highest BCUT2D eigenvalue weighted by molar-refractivity contribution is 7.99. The summed E-state index contributed by atoms with van der Waals surface area (Å²) in [6, 6.07) is 7.18. The number of para-hydroxylation sites is 1. The van der Waals surface area contributed by atoms with Crippen molar-refractivity contribution in [1.82, 2.24) is 5.16 Å². The highest BCUT2D eigenvalue weighted by Crippen LogP contribution is 2.22. The second-order valence-corrected chi connectivity index (χ2v) is 5.72. The van der Waals surface area contributed by atoms with Gasteiger partial charge in [0.25, 0.3) is 0 Å². The monoisotopic (exact) mass is 310 g/mol. The Morgan fingerprint density at radius 1 is 1.40 bits per heavy atom. The molecule has 2 aromatic rings. The smallest absolute Gasteiger partial charge is 0.234 e. The Bertz CT molecular complexity index is 593. The van der Waals surface area contributed by atoms with Gasteiger partial charge in [-0.05, 0) is 26.0 Å². The Hall–Kier alpha value is -1.46. The quantitative estimate of drug-likeness (QED) is 0.912. The summed E-state index contributed by atoms with van der Waals surface area (Å²) in [5.74, 6) is 1.79. The molecule has 1 aromatic heterocycles. The highest BCUT2D eigenvalue weighted by atomic mass is 35.5. The molecule has 20 heavy (non-hydrogen) atoms. The molecule has 6 heteroatoms. The van der Waals surface area contributed by atoms with Crippen LogP contribution in [0.5, 0.6) is 0 Å². The third-order valence-electron chi connectivity index (χ3n) is 2.81. The Kier molecular flexibility index (Phi) is 5.09. The van der Waals surface area contributed by atoms with Crippen LogP contribution < -0.4 is 5.32 Å². The summed E-state index contributed by atoms with van der Waals surface area (Å²) in [5, 5.41) is 7.21. The molecule has 4 nitrogen and oxygen atoms in total. The molecule has 0 aliphatic heterocycles. The summed E-state index contributed by atoms with van der Waals surface area (Å²) in [7, 11) is 0. The summed E-state index contributed by atoms with van der Waals surface area (Å²) in [5.41, 5.74) is 2.57. The van der Waals surface area contributed by atoms with E-state index in [0.29, 0.717) is 22.2 Å². The fourth-order valence-corrected chi connectivity index (χ4v) is 2.86. The maximum atomic E-state index is 11.8. The number of aryl methyl sites for hydroxylation is 2. The van der Waals surface area contributed by atoms with E-state index in [-0.39, 0.29) is 5.91 Å². The molecule has 1 heterocycles. The van der Waals surface area contributed by atoms with Crippen molar-refractivity contribution in [3.63, 3.8) is 0 Å². The lowest BCUT2D eigenvalue weighted by atomic mass is 10.2. The number of hydrogen-bond donors (Lipinski definition) is 1. The molecular formula is C14H15ClN2O2S. The summed E-state index contributed by atoms with van der Waals surface area (Å²) in [6.45, 7) is 3.77. The summed E-state index contributed by atoms with van der Waals surface area (Å²) < 4.78 is 5.08. The van der Waals surface area contributed by atoms with Gasteiger partial charge in [0.1, 0.15) is 5.76 Å². The molecule has 0 saturated carbocycles. The fourth-order valence-electron chi connectivity index (χ4n) is 1.70. The van der Waals surface area contributed by atoms with E-state index in [1.54, 1.807) is 12.1 Å². The Balaban J connectivity index is 1.83. The second-order valence-electron chi connectivity index (χ2n) is 4.32. The van der Waals surface area contributed by atoms with Crippen molar-refractivity contribution in [2.24, 2.45) is 0 Å². The predicted molar refractivity (Wildman–Crippen MR) is 82.2 cm³/mol. The minimum Gasteiger partial charge on any atom is -0.361 e. The number of hydrogen-bond acceptors (Lipinski definition) is 4. The summed E-state index contributed by atoms with van der Waals surface area (Å²) in [4.78, 5) is 11.8. The summed E-state index contributed by atoms with van der Waals surface area (Å²) in [6.07, 6.45) is 0. The SMILES string of the molecule is Cc1noc(C)c1CSCC(=O)Nc1ccccc1Cl. The van der Waals surface area contributed by atoms with Crippen LogP contribution in [-0.2, 0) is 10.5 Å². The highest BCUT2D eigenvalue weighted by Gasteiger charge is 2.10. The maximum Gasteiger partial charge on any atom is 0.234 e. The third kappa shape index (κ3) is 3.77. The predicted octanol–water partition coefficient (Wildman–Crippen LogP) is 3.82. The molecule has 0 bridgehead atoms. The zero-order valence-electron chi connectivity index (χ0n) is 11.3. The van der Waals surface area contributed by atoms with Gasteiger partial charge >= 0.3 is 0 Å². The van der Waals surface area contributed by atoms with Crippen LogP contribution in [0.25, 0.3) is 0 Å². The van der Waals surface area contributed by atoms with Crippen LogP contribution in [0.15, 0.2) is 28.8 Å². The van der Waals surface area contributed by atoms with Crippen LogP contribution in [-0.4, -0.2) is 16.8 Å². The summed E-state index contributed by atoms with van der Waals surface area (Å²) >= 11 is 7.50. The average Bonchev–Trinajstić information content (AvgIpc) is 2.73. The van der Waals surface area contributed by atoms with E-state index >= 15 is 0 Å². The number of rotatable bonds is 5. The Morgan fingerprint density at radius 3 is 2.80 bits per heavy atom. The molecule has 1 aromatic carbocycles. The minimum absolute atomic E-state index is 0.0742. The minimum atomic E-state index is -0.0742. The molecular weight excluding hydrogens is 296 g/mol. The Morgan fingerprint density at radius 2 is 2.15 bits per heavy atom. The zero-order valence-corrected chi connectivity index (χ0v) is 12.8. The van der Waals surface area contributed by atoms with Crippen LogP contribution in [0.1, 0.15) is 17.0 Å². The van der Waals surface area contributed by atoms with Crippen molar-refractivity contribution in [3.05, 3.63) is 46.3 Å². The lowest BCUT2D eigenvalue weighted by Gasteiger charge is -2.06. The molecule has 1 N–H and O–H groups in total. The van der Waals surface area contributed by atoms with E-state index in [1.807, 2.05) is 26.0 Å². The van der Waals surface area contributed by atoms with E-state index in [2.05, 4.69) is 10.5 Å². The van der Waals surface area contributed by atoms with Crippen molar-refractivity contribution in [2.75, 3.05) is 11.1 Å². The van der Waals surface area contributed by atoms with E-state index in [0.717, 1.165) is 17.0 Å². The van der Waals surface area contributed by atoms with Crippen molar-refractivity contribution >= 4 is 35.0 Å². The van der Waals surface area contributed by atoms with Crippen molar-refractivity contribution < 1.29 is 9.32 Å². The van der Waals surface area contributed by atoms with Gasteiger partial charge in [-0.2, -0.15) is 0 Å². The topological polar surface area (TPSA) is 55.1 Å². The number of nitrogens with one attached hydrogen (secondary N) is 1. The lowest BCUT2D eigenvalue weighted by Crippen LogP contribution is -2.14. The fraction of sp³-hybridized carbons (Fsp3) is 0.286. The van der Waals surface area contributed by atoms with Crippen LogP contribution in [0.3, 0.4) is 0 Å². The van der Waals surface area contributed by atoms with Gasteiger partial charge in [-0.1, -0.05) is 28.9 Å². The van der Waals surface area contributed by atoms with E-state index in [4.69, 9.17) is 16.1 Å². The number of halogens is 1.